The number of nitrogens with one attached hydrogen (secondary N) is 1. The van der Waals surface area contributed by atoms with Gasteiger partial charge in [-0.2, -0.15) is 0 Å². The Kier molecular flexibility index (Phi) is 12.0. The SMILES string of the molecule is C=C(CCCC[Si](O[Si](C)(C)C)(O[Si](C)(C)C)O[Si](C)(C)C)C(=O)NC(=O)OCC=O. The van der Waals surface area contributed by atoms with E-state index in [9.17, 15) is 14.4 Å². The predicted octanol–water partition coefficient (Wildman–Crippen LogP) is 4.66. The zero-order chi connectivity index (χ0) is 24.5. The normalized spacial score (nSPS) is 12.9. The van der Waals surface area contributed by atoms with Crippen LogP contribution in [0.2, 0.25) is 65.0 Å². The smallest absolute Gasteiger partial charge is 0.442 e. The van der Waals surface area contributed by atoms with Crippen LogP contribution in [0.25, 0.3) is 0 Å². The number of amides is 2. The molecule has 0 aromatic rings. The molecule has 12 heteroatoms. The Morgan fingerprint density at radius 2 is 1.29 bits per heavy atom. The Hall–Kier alpha value is -0.902. The van der Waals surface area contributed by atoms with E-state index in [-0.39, 0.29) is 5.57 Å². The highest BCUT2D eigenvalue weighted by molar-refractivity contribution is 6.90. The van der Waals surface area contributed by atoms with Gasteiger partial charge in [0, 0.05) is 11.6 Å². The second-order valence-electron chi connectivity index (χ2n) is 10.4. The van der Waals surface area contributed by atoms with Crippen LogP contribution in [0.15, 0.2) is 12.2 Å². The largest absolute Gasteiger partial charge is 0.469 e. The van der Waals surface area contributed by atoms with Gasteiger partial charge in [0.2, 0.25) is 0 Å². The molecule has 0 rings (SSSR count). The predicted molar refractivity (Wildman–Crippen MR) is 132 cm³/mol. The molecular weight excluding hydrogens is 467 g/mol. The third-order valence-electron chi connectivity index (χ3n) is 3.42. The van der Waals surface area contributed by atoms with Gasteiger partial charge in [-0.15, -0.1) is 0 Å². The first-order valence-corrected chi connectivity index (χ1v) is 22.7. The van der Waals surface area contributed by atoms with Crippen molar-refractivity contribution in [3.05, 3.63) is 12.2 Å². The Morgan fingerprint density at radius 3 is 1.68 bits per heavy atom. The molecule has 0 unspecified atom stereocenters. The van der Waals surface area contributed by atoms with Crippen molar-refractivity contribution in [3.8, 4) is 0 Å². The zero-order valence-corrected chi connectivity index (χ0v) is 24.7. The molecule has 0 aliphatic heterocycles. The number of ether oxygens (including phenoxy) is 1. The number of aldehydes is 1. The van der Waals surface area contributed by atoms with E-state index in [1.165, 1.54) is 0 Å². The summed E-state index contributed by atoms with van der Waals surface area (Å²) >= 11 is 0. The van der Waals surface area contributed by atoms with Crippen molar-refractivity contribution in [1.82, 2.24) is 5.32 Å². The summed E-state index contributed by atoms with van der Waals surface area (Å²) < 4.78 is 24.4. The van der Waals surface area contributed by atoms with Crippen LogP contribution < -0.4 is 5.32 Å². The van der Waals surface area contributed by atoms with Crippen molar-refractivity contribution < 1.29 is 31.5 Å². The number of hydrogen-bond donors (Lipinski definition) is 1. The van der Waals surface area contributed by atoms with E-state index < -0.39 is 52.4 Å². The van der Waals surface area contributed by atoms with E-state index in [1.807, 2.05) is 0 Å². The van der Waals surface area contributed by atoms with Gasteiger partial charge in [-0.1, -0.05) is 6.58 Å². The van der Waals surface area contributed by atoms with Gasteiger partial charge in [0.05, 0.1) is 0 Å². The Balaban J connectivity index is 5.09. The number of alkyl carbamates (subject to hydrolysis) is 1. The lowest BCUT2D eigenvalue weighted by molar-refractivity contribution is -0.117. The lowest BCUT2D eigenvalue weighted by Gasteiger charge is -2.43. The van der Waals surface area contributed by atoms with Gasteiger partial charge < -0.3 is 17.1 Å². The minimum absolute atomic E-state index is 0.277. The van der Waals surface area contributed by atoms with E-state index in [1.54, 1.807) is 0 Å². The lowest BCUT2D eigenvalue weighted by atomic mass is 10.1. The summed E-state index contributed by atoms with van der Waals surface area (Å²) in [5.41, 5.74) is 0.277. The Bertz CT molecular complexity index is 596. The number of imide groups is 1. The average Bonchev–Trinajstić information content (AvgIpc) is 2.51. The first-order chi connectivity index (χ1) is 13.9. The summed E-state index contributed by atoms with van der Waals surface area (Å²) in [5.74, 6) is -0.602. The fraction of sp³-hybridized carbons (Fsp3) is 0.737. The number of hydrogen-bond acceptors (Lipinski definition) is 7. The van der Waals surface area contributed by atoms with Gasteiger partial charge >= 0.3 is 14.9 Å². The Morgan fingerprint density at radius 1 is 0.839 bits per heavy atom. The first-order valence-electron chi connectivity index (χ1n) is 10.6. The molecule has 2 amide bonds. The van der Waals surface area contributed by atoms with Crippen LogP contribution in [-0.4, -0.2) is 58.7 Å². The fourth-order valence-electron chi connectivity index (χ4n) is 2.74. The van der Waals surface area contributed by atoms with Crippen molar-refractivity contribution in [2.24, 2.45) is 0 Å². The topological polar surface area (TPSA) is 100 Å². The van der Waals surface area contributed by atoms with E-state index >= 15 is 0 Å². The minimum atomic E-state index is -2.89. The van der Waals surface area contributed by atoms with E-state index in [4.69, 9.17) is 12.3 Å². The fourth-order valence-corrected chi connectivity index (χ4v) is 17.5. The van der Waals surface area contributed by atoms with Gasteiger partial charge in [0.25, 0.3) is 5.91 Å². The molecule has 0 bridgehead atoms. The molecule has 1 N–H and O–H groups in total. The molecule has 0 heterocycles. The molecular formula is C19H41NO7Si4. The third-order valence-corrected chi connectivity index (χ3v) is 15.5. The molecule has 0 aliphatic rings. The molecule has 31 heavy (non-hydrogen) atoms. The van der Waals surface area contributed by atoms with Crippen molar-refractivity contribution in [2.75, 3.05) is 6.61 Å². The number of unbranched alkanes of at least 4 members (excludes halogenated alkanes) is 1. The molecule has 0 saturated heterocycles. The van der Waals surface area contributed by atoms with Gasteiger partial charge in [-0.05, 0) is 78.2 Å². The van der Waals surface area contributed by atoms with Crippen LogP contribution in [0.1, 0.15) is 19.3 Å². The molecule has 0 aromatic carbocycles. The summed E-state index contributed by atoms with van der Waals surface area (Å²) in [6.07, 6.45) is 1.34. The minimum Gasteiger partial charge on any atom is -0.442 e. The maximum atomic E-state index is 12.0. The van der Waals surface area contributed by atoms with Gasteiger partial charge in [0.15, 0.2) is 31.2 Å². The van der Waals surface area contributed by atoms with Crippen molar-refractivity contribution in [3.63, 3.8) is 0 Å². The summed E-state index contributed by atoms with van der Waals surface area (Å²) in [4.78, 5) is 33.6. The van der Waals surface area contributed by atoms with Gasteiger partial charge in [0.1, 0.15) is 6.61 Å². The van der Waals surface area contributed by atoms with Crippen LogP contribution in [0.3, 0.4) is 0 Å². The summed E-state index contributed by atoms with van der Waals surface area (Å²) in [6, 6.07) is 0.683. The standard InChI is InChI=1S/C19H41NO7Si4/c1-17(18(22)20-19(23)24-15-14-21)13-11-12-16-31(25-28(2,3)4,26-29(5,6)7)27-30(8,9)10/h14H,1,11-13,15-16H2,2-10H3,(H,20,22,23). The zero-order valence-electron chi connectivity index (χ0n) is 20.7. The quantitative estimate of drug-likeness (QED) is 0.158. The van der Waals surface area contributed by atoms with E-state index in [0.29, 0.717) is 25.2 Å². The number of rotatable bonds is 14. The van der Waals surface area contributed by atoms with Crippen molar-refractivity contribution in [2.45, 2.75) is 84.2 Å². The molecule has 0 radical (unpaired) electrons. The van der Waals surface area contributed by atoms with Crippen LogP contribution in [-0.2, 0) is 26.7 Å². The summed E-state index contributed by atoms with van der Waals surface area (Å²) in [7, 11) is -8.66. The molecule has 0 spiro atoms. The molecule has 0 aliphatic carbocycles. The molecule has 0 saturated carbocycles. The first kappa shape index (κ1) is 30.1. The highest BCUT2D eigenvalue weighted by Gasteiger charge is 2.49. The highest BCUT2D eigenvalue weighted by Crippen LogP contribution is 2.30. The van der Waals surface area contributed by atoms with Crippen LogP contribution in [0.4, 0.5) is 4.79 Å². The van der Waals surface area contributed by atoms with Gasteiger partial charge in [-0.25, -0.2) is 4.79 Å². The van der Waals surface area contributed by atoms with Crippen LogP contribution in [0, 0.1) is 0 Å². The van der Waals surface area contributed by atoms with Crippen LogP contribution in [0.5, 0.6) is 0 Å². The molecule has 0 aromatic heterocycles. The number of carbonyl (C=O) groups is 3. The second-order valence-corrected chi connectivity index (χ2v) is 27.3. The number of carbonyl (C=O) groups excluding carboxylic acids is 3. The monoisotopic (exact) mass is 507 g/mol. The molecule has 180 valence electrons. The summed E-state index contributed by atoms with van der Waals surface area (Å²) in [6.45, 7) is 22.7. The van der Waals surface area contributed by atoms with Gasteiger partial charge in [-0.3, -0.25) is 14.9 Å². The van der Waals surface area contributed by atoms with Crippen LogP contribution >= 0.6 is 0 Å². The van der Waals surface area contributed by atoms with Crippen molar-refractivity contribution in [1.29, 1.82) is 0 Å². The molecule has 0 atom stereocenters. The lowest BCUT2D eigenvalue weighted by Crippen LogP contribution is -2.60. The average molecular weight is 508 g/mol. The summed E-state index contributed by atoms with van der Waals surface area (Å²) in [5, 5.41) is 2.06. The van der Waals surface area contributed by atoms with E-state index in [2.05, 4.69) is 75.6 Å². The second kappa shape index (κ2) is 12.4. The maximum absolute atomic E-state index is 12.0. The maximum Gasteiger partial charge on any atom is 0.469 e. The third kappa shape index (κ3) is 15.5. The molecule has 8 nitrogen and oxygen atoms in total. The van der Waals surface area contributed by atoms with Crippen molar-refractivity contribution >= 4 is 52.0 Å². The highest BCUT2D eigenvalue weighted by atomic mass is 28.5. The van der Waals surface area contributed by atoms with E-state index in [0.717, 1.165) is 6.42 Å². The molecule has 0 fully saturated rings. The Labute approximate surface area is 191 Å².